The van der Waals surface area contributed by atoms with Crippen LogP contribution in [0.5, 0.6) is 0 Å². The minimum absolute atomic E-state index is 0.158. The van der Waals surface area contributed by atoms with Gasteiger partial charge in [-0.25, -0.2) is 14.4 Å². The van der Waals surface area contributed by atoms with Gasteiger partial charge in [-0.3, -0.25) is 0 Å². The lowest BCUT2D eigenvalue weighted by Crippen LogP contribution is -2.22. The van der Waals surface area contributed by atoms with Crippen LogP contribution >= 0.6 is 11.8 Å². The first-order chi connectivity index (χ1) is 14.9. The second-order valence-electron chi connectivity index (χ2n) is 7.59. The van der Waals surface area contributed by atoms with Gasteiger partial charge in [-0.05, 0) is 49.2 Å². The van der Waals surface area contributed by atoms with Crippen LogP contribution in [-0.2, 0) is 0 Å². The van der Waals surface area contributed by atoms with Crippen molar-refractivity contribution in [2.45, 2.75) is 49.5 Å². The molecule has 0 saturated heterocycles. The van der Waals surface area contributed by atoms with Crippen LogP contribution in [-0.4, -0.2) is 32.9 Å². The third kappa shape index (κ3) is 5.78. The Hall–Kier alpha value is -2.55. The number of nitrogens with one attached hydrogen (secondary N) is 2. The monoisotopic (exact) mass is 450 g/mol. The SMILES string of the molecule is Fc1ccc(-c2[nH]c(SCC(F)(F)F)nc2-c2ccnc(NC3CCCCC3)c2)cc1. The van der Waals surface area contributed by atoms with Gasteiger partial charge < -0.3 is 10.3 Å². The largest absolute Gasteiger partial charge is 0.398 e. The number of H-pyrrole nitrogens is 1. The molecule has 1 aliphatic carbocycles. The average molecular weight is 451 g/mol. The highest BCUT2D eigenvalue weighted by Gasteiger charge is 2.28. The number of alkyl halides is 3. The van der Waals surface area contributed by atoms with Crippen molar-refractivity contribution in [1.82, 2.24) is 15.0 Å². The van der Waals surface area contributed by atoms with Crippen LogP contribution < -0.4 is 5.32 Å². The Bertz CT molecular complexity index is 1010. The zero-order valence-corrected chi connectivity index (χ0v) is 17.5. The van der Waals surface area contributed by atoms with Gasteiger partial charge in [-0.2, -0.15) is 13.2 Å². The molecule has 1 fully saturated rings. The molecule has 31 heavy (non-hydrogen) atoms. The van der Waals surface area contributed by atoms with Gasteiger partial charge in [0, 0.05) is 23.4 Å². The van der Waals surface area contributed by atoms with E-state index in [0.29, 0.717) is 40.6 Å². The summed E-state index contributed by atoms with van der Waals surface area (Å²) in [5.74, 6) is -0.727. The number of aromatic nitrogens is 3. The van der Waals surface area contributed by atoms with Crippen molar-refractivity contribution in [2.75, 3.05) is 11.1 Å². The van der Waals surface area contributed by atoms with Gasteiger partial charge in [0.25, 0.3) is 0 Å². The van der Waals surface area contributed by atoms with Crippen molar-refractivity contribution in [1.29, 1.82) is 0 Å². The highest BCUT2D eigenvalue weighted by atomic mass is 32.2. The lowest BCUT2D eigenvalue weighted by atomic mass is 9.95. The van der Waals surface area contributed by atoms with Crippen LogP contribution in [0.15, 0.2) is 47.8 Å². The van der Waals surface area contributed by atoms with E-state index < -0.39 is 11.9 Å². The van der Waals surface area contributed by atoms with Crippen LogP contribution in [0.1, 0.15) is 32.1 Å². The topological polar surface area (TPSA) is 53.6 Å². The van der Waals surface area contributed by atoms with E-state index in [9.17, 15) is 17.6 Å². The first-order valence-electron chi connectivity index (χ1n) is 10.2. The number of nitrogens with zero attached hydrogens (tertiary/aromatic N) is 2. The quantitative estimate of drug-likeness (QED) is 0.325. The first-order valence-corrected chi connectivity index (χ1v) is 11.1. The molecule has 0 radical (unpaired) electrons. The molecule has 2 heterocycles. The molecule has 0 aliphatic heterocycles. The van der Waals surface area contributed by atoms with E-state index in [-0.39, 0.29) is 11.0 Å². The summed E-state index contributed by atoms with van der Waals surface area (Å²) in [6.45, 7) is 0. The molecular weight excluding hydrogens is 428 g/mol. The van der Waals surface area contributed by atoms with E-state index in [1.165, 1.54) is 31.4 Å². The number of thioether (sulfide) groups is 1. The Labute approximate surface area is 181 Å². The zero-order valence-electron chi connectivity index (χ0n) is 16.7. The van der Waals surface area contributed by atoms with Crippen molar-refractivity contribution in [3.63, 3.8) is 0 Å². The van der Waals surface area contributed by atoms with Crippen LogP contribution in [0.3, 0.4) is 0 Å². The maximum Gasteiger partial charge on any atom is 0.398 e. The highest BCUT2D eigenvalue weighted by Crippen LogP contribution is 2.35. The normalized spacial score (nSPS) is 15.2. The molecule has 1 aliphatic rings. The van der Waals surface area contributed by atoms with Gasteiger partial charge in [0.15, 0.2) is 5.16 Å². The lowest BCUT2D eigenvalue weighted by molar-refractivity contribution is -0.105. The second kappa shape index (κ2) is 9.30. The van der Waals surface area contributed by atoms with Crippen molar-refractivity contribution in [2.24, 2.45) is 0 Å². The summed E-state index contributed by atoms with van der Waals surface area (Å²) >= 11 is 0.591. The number of anilines is 1. The molecule has 4 nitrogen and oxygen atoms in total. The molecular formula is C22H22F4N4S. The Kier molecular flexibility index (Phi) is 6.50. The summed E-state index contributed by atoms with van der Waals surface area (Å²) in [4.78, 5) is 11.8. The van der Waals surface area contributed by atoms with Gasteiger partial charge >= 0.3 is 6.18 Å². The summed E-state index contributed by atoms with van der Waals surface area (Å²) in [5.41, 5.74) is 2.41. The molecule has 9 heteroatoms. The van der Waals surface area contributed by atoms with E-state index in [0.717, 1.165) is 18.4 Å². The number of rotatable bonds is 6. The lowest BCUT2D eigenvalue weighted by Gasteiger charge is -2.23. The number of pyridine rings is 1. The van der Waals surface area contributed by atoms with Crippen molar-refractivity contribution in [3.05, 3.63) is 48.4 Å². The Morgan fingerprint density at radius 1 is 1.03 bits per heavy atom. The third-order valence-corrected chi connectivity index (χ3v) is 6.12. The predicted molar refractivity (Wildman–Crippen MR) is 114 cm³/mol. The van der Waals surface area contributed by atoms with Crippen molar-refractivity contribution >= 4 is 17.6 Å². The Morgan fingerprint density at radius 3 is 2.48 bits per heavy atom. The smallest absolute Gasteiger partial charge is 0.367 e. The minimum Gasteiger partial charge on any atom is -0.367 e. The maximum absolute atomic E-state index is 13.4. The van der Waals surface area contributed by atoms with Gasteiger partial charge in [-0.15, -0.1) is 0 Å². The molecule has 2 aromatic heterocycles. The molecule has 0 atom stereocenters. The number of benzene rings is 1. The van der Waals surface area contributed by atoms with Gasteiger partial charge in [0.05, 0.1) is 17.1 Å². The molecule has 0 unspecified atom stereocenters. The molecule has 0 amide bonds. The fraction of sp³-hybridized carbons (Fsp3) is 0.364. The fourth-order valence-electron chi connectivity index (χ4n) is 3.72. The average Bonchev–Trinajstić information content (AvgIpc) is 3.18. The molecule has 0 bridgehead atoms. The van der Waals surface area contributed by atoms with Crippen molar-refractivity contribution in [3.8, 4) is 22.5 Å². The van der Waals surface area contributed by atoms with E-state index in [1.54, 1.807) is 24.4 Å². The van der Waals surface area contributed by atoms with Gasteiger partial charge in [-0.1, -0.05) is 31.0 Å². The van der Waals surface area contributed by atoms with Gasteiger partial charge in [0.1, 0.15) is 11.6 Å². The van der Waals surface area contributed by atoms with Crippen LogP contribution in [0, 0.1) is 5.82 Å². The first kappa shape index (κ1) is 21.7. The zero-order chi connectivity index (χ0) is 21.8. The second-order valence-corrected chi connectivity index (χ2v) is 8.55. The summed E-state index contributed by atoms with van der Waals surface area (Å²) in [6, 6.07) is 9.77. The number of hydrogen-bond acceptors (Lipinski definition) is 4. The standard InChI is InChI=1S/C22H22F4N4S/c23-16-8-6-14(7-9-16)19-20(30-21(29-19)31-13-22(24,25)26)15-10-11-27-18(12-15)28-17-4-2-1-3-5-17/h6-12,17H,1-5,13H2,(H,27,28)(H,29,30). The predicted octanol–water partition coefficient (Wildman–Crippen LogP) is 6.68. The minimum atomic E-state index is -4.30. The summed E-state index contributed by atoms with van der Waals surface area (Å²) in [7, 11) is 0. The number of imidazole rings is 1. The van der Waals surface area contributed by atoms with E-state index in [4.69, 9.17) is 0 Å². The van der Waals surface area contributed by atoms with E-state index in [1.807, 2.05) is 6.07 Å². The Balaban J connectivity index is 1.66. The Morgan fingerprint density at radius 2 is 1.77 bits per heavy atom. The maximum atomic E-state index is 13.4. The molecule has 1 aromatic carbocycles. The molecule has 0 spiro atoms. The number of aromatic amines is 1. The molecule has 1 saturated carbocycles. The molecule has 2 N–H and O–H groups in total. The van der Waals surface area contributed by atoms with Crippen LogP contribution in [0.4, 0.5) is 23.4 Å². The number of hydrogen-bond donors (Lipinski definition) is 2. The van der Waals surface area contributed by atoms with E-state index >= 15 is 0 Å². The summed E-state index contributed by atoms with van der Waals surface area (Å²) < 4.78 is 51.5. The van der Waals surface area contributed by atoms with Gasteiger partial charge in [0.2, 0.25) is 0 Å². The summed E-state index contributed by atoms with van der Waals surface area (Å²) in [6.07, 6.45) is 3.16. The number of halogens is 4. The third-order valence-electron chi connectivity index (χ3n) is 5.18. The van der Waals surface area contributed by atoms with Crippen LogP contribution in [0.25, 0.3) is 22.5 Å². The summed E-state index contributed by atoms with van der Waals surface area (Å²) in [5, 5.41) is 3.61. The molecule has 164 valence electrons. The van der Waals surface area contributed by atoms with E-state index in [2.05, 4.69) is 20.3 Å². The van der Waals surface area contributed by atoms with Crippen molar-refractivity contribution < 1.29 is 17.6 Å². The molecule has 3 aromatic rings. The highest BCUT2D eigenvalue weighted by molar-refractivity contribution is 7.99. The fourth-order valence-corrected chi connectivity index (χ4v) is 4.35. The molecule has 4 rings (SSSR count). The van der Waals surface area contributed by atoms with Crippen LogP contribution in [0.2, 0.25) is 0 Å².